The molecule has 6 rings (SSSR count). The standard InChI is InChI=1S/C23H16N4O7/c28-21(12-3-1-4-14(9-12)27(31)32)20-19-18(15-5-2-8-24-26(15)20)22(29)25(23(19)30)13-6-7-16-17(10-13)34-11-33-16/h1-10,15,18-20H,11H2/t15-,18-,19-,20+/m1/s1. The molecule has 11 heteroatoms. The van der Waals surface area contributed by atoms with Crippen LogP contribution in [0, 0.1) is 22.0 Å². The maximum Gasteiger partial charge on any atom is 0.270 e. The highest BCUT2D eigenvalue weighted by atomic mass is 16.7. The predicted molar refractivity (Wildman–Crippen MR) is 117 cm³/mol. The topological polar surface area (TPSA) is 132 Å². The van der Waals surface area contributed by atoms with Crippen molar-refractivity contribution in [3.05, 3.63) is 70.3 Å². The van der Waals surface area contributed by atoms with Crippen LogP contribution in [-0.2, 0) is 9.59 Å². The second kappa shape index (κ2) is 7.24. The lowest BCUT2D eigenvalue weighted by Crippen LogP contribution is -2.46. The van der Waals surface area contributed by atoms with Crippen molar-refractivity contribution in [1.82, 2.24) is 5.01 Å². The fourth-order valence-corrected chi connectivity index (χ4v) is 5.06. The molecule has 34 heavy (non-hydrogen) atoms. The Kier molecular flexibility index (Phi) is 4.28. The molecule has 2 aromatic rings. The Morgan fingerprint density at radius 2 is 1.85 bits per heavy atom. The van der Waals surface area contributed by atoms with Crippen LogP contribution in [0.15, 0.2) is 59.7 Å². The molecule has 2 amide bonds. The zero-order valence-electron chi connectivity index (χ0n) is 17.4. The number of Topliss-reactive ketones (excluding diaryl/α,β-unsaturated/α-hetero) is 1. The monoisotopic (exact) mass is 460 g/mol. The van der Waals surface area contributed by atoms with Gasteiger partial charge in [-0.05, 0) is 18.2 Å². The van der Waals surface area contributed by atoms with Crippen LogP contribution in [0.25, 0.3) is 0 Å². The minimum Gasteiger partial charge on any atom is -0.454 e. The number of nitrogens with zero attached hydrogens (tertiary/aromatic N) is 4. The molecule has 4 aliphatic heterocycles. The minimum absolute atomic E-state index is 0.0472. The number of carbonyl (C=O) groups is 3. The smallest absolute Gasteiger partial charge is 0.270 e. The summed E-state index contributed by atoms with van der Waals surface area (Å²) < 4.78 is 10.7. The van der Waals surface area contributed by atoms with Crippen LogP contribution in [0.4, 0.5) is 11.4 Å². The summed E-state index contributed by atoms with van der Waals surface area (Å²) in [5.74, 6) is -2.40. The first-order valence-electron chi connectivity index (χ1n) is 10.5. The first-order chi connectivity index (χ1) is 16.5. The summed E-state index contributed by atoms with van der Waals surface area (Å²) in [5, 5.41) is 17.0. The van der Waals surface area contributed by atoms with E-state index < -0.39 is 46.4 Å². The maximum absolute atomic E-state index is 13.6. The lowest BCUT2D eigenvalue weighted by atomic mass is 9.86. The number of non-ortho nitro benzene ring substituents is 1. The molecule has 170 valence electrons. The number of anilines is 1. The minimum atomic E-state index is -1.09. The number of allylic oxidation sites excluding steroid dienone is 1. The number of ketones is 1. The highest BCUT2D eigenvalue weighted by molar-refractivity contribution is 6.24. The van der Waals surface area contributed by atoms with Crippen molar-refractivity contribution < 1.29 is 28.8 Å². The zero-order chi connectivity index (χ0) is 23.6. The van der Waals surface area contributed by atoms with Crippen molar-refractivity contribution in [2.45, 2.75) is 12.1 Å². The molecular formula is C23H16N4O7. The number of fused-ring (bicyclic) bond motifs is 4. The van der Waals surface area contributed by atoms with Crippen molar-refractivity contribution in [3.63, 3.8) is 0 Å². The van der Waals surface area contributed by atoms with E-state index in [9.17, 15) is 24.5 Å². The van der Waals surface area contributed by atoms with E-state index in [1.54, 1.807) is 30.4 Å². The number of nitro groups is 1. The number of carbonyl (C=O) groups excluding carboxylic acids is 3. The first-order valence-corrected chi connectivity index (χ1v) is 10.5. The molecule has 0 aromatic heterocycles. The summed E-state index contributed by atoms with van der Waals surface area (Å²) in [6.07, 6.45) is 4.88. The van der Waals surface area contributed by atoms with Gasteiger partial charge in [0.1, 0.15) is 6.04 Å². The first kappa shape index (κ1) is 20.1. The van der Waals surface area contributed by atoms with Gasteiger partial charge < -0.3 is 9.47 Å². The van der Waals surface area contributed by atoms with Crippen molar-refractivity contribution in [2.75, 3.05) is 11.7 Å². The molecule has 2 aromatic carbocycles. The van der Waals surface area contributed by atoms with Crippen molar-refractivity contribution in [1.29, 1.82) is 0 Å². The van der Waals surface area contributed by atoms with Crippen LogP contribution in [0.1, 0.15) is 10.4 Å². The number of hydrazone groups is 1. The van der Waals surface area contributed by atoms with Crippen LogP contribution >= 0.6 is 0 Å². The number of hydrogen-bond acceptors (Lipinski definition) is 9. The van der Waals surface area contributed by atoms with Crippen LogP contribution < -0.4 is 14.4 Å². The van der Waals surface area contributed by atoms with Crippen molar-refractivity contribution in [3.8, 4) is 11.5 Å². The number of ether oxygens (including phenoxy) is 2. The van der Waals surface area contributed by atoms with Crippen LogP contribution in [-0.4, -0.2) is 52.6 Å². The normalized spacial score (nSPS) is 26.1. The van der Waals surface area contributed by atoms with Gasteiger partial charge in [0.2, 0.25) is 18.6 Å². The molecular weight excluding hydrogens is 444 g/mol. The fraction of sp³-hybridized carbons (Fsp3) is 0.217. The van der Waals surface area contributed by atoms with Gasteiger partial charge in [0.05, 0.1) is 28.5 Å². The van der Waals surface area contributed by atoms with E-state index in [1.807, 2.05) is 0 Å². The van der Waals surface area contributed by atoms with E-state index >= 15 is 0 Å². The number of rotatable bonds is 4. The Labute approximate surface area is 192 Å². The van der Waals surface area contributed by atoms with E-state index in [4.69, 9.17) is 9.47 Å². The average Bonchev–Trinajstić information content (AvgIpc) is 3.51. The molecule has 11 nitrogen and oxygen atoms in total. The third kappa shape index (κ3) is 2.76. The van der Waals surface area contributed by atoms with E-state index in [0.29, 0.717) is 17.2 Å². The molecule has 4 atom stereocenters. The number of hydrogen-bond donors (Lipinski definition) is 0. The molecule has 0 aliphatic carbocycles. The fourth-order valence-electron chi connectivity index (χ4n) is 5.06. The van der Waals surface area contributed by atoms with E-state index in [0.717, 1.165) is 4.90 Å². The van der Waals surface area contributed by atoms with Gasteiger partial charge in [-0.1, -0.05) is 18.2 Å². The van der Waals surface area contributed by atoms with Crippen LogP contribution in [0.5, 0.6) is 11.5 Å². The zero-order valence-corrected chi connectivity index (χ0v) is 17.4. The molecule has 2 fully saturated rings. The number of imide groups is 1. The largest absolute Gasteiger partial charge is 0.454 e. The van der Waals surface area contributed by atoms with Gasteiger partial charge in [0.25, 0.3) is 5.69 Å². The number of amides is 2. The van der Waals surface area contributed by atoms with E-state index in [1.165, 1.54) is 35.5 Å². The van der Waals surface area contributed by atoms with Gasteiger partial charge in [-0.2, -0.15) is 5.10 Å². The summed E-state index contributed by atoms with van der Waals surface area (Å²) in [7, 11) is 0. The highest BCUT2D eigenvalue weighted by Gasteiger charge is 2.64. The van der Waals surface area contributed by atoms with Gasteiger partial charge in [-0.25, -0.2) is 4.90 Å². The molecule has 0 radical (unpaired) electrons. The van der Waals surface area contributed by atoms with Gasteiger partial charge in [-0.15, -0.1) is 0 Å². The Hall–Kier alpha value is -4.54. The Morgan fingerprint density at radius 3 is 2.68 bits per heavy atom. The Bertz CT molecular complexity index is 1340. The van der Waals surface area contributed by atoms with Crippen molar-refractivity contribution >= 4 is 35.2 Å². The molecule has 4 aliphatic rings. The van der Waals surface area contributed by atoms with Gasteiger partial charge >= 0.3 is 0 Å². The predicted octanol–water partition coefficient (Wildman–Crippen LogP) is 1.92. The van der Waals surface area contributed by atoms with E-state index in [2.05, 4.69) is 5.10 Å². The van der Waals surface area contributed by atoms with Crippen molar-refractivity contribution in [2.24, 2.45) is 16.9 Å². The molecule has 4 heterocycles. The summed E-state index contributed by atoms with van der Waals surface area (Å²) in [6.45, 7) is 0.0472. The highest BCUT2D eigenvalue weighted by Crippen LogP contribution is 2.47. The Balaban J connectivity index is 1.41. The van der Waals surface area contributed by atoms with Crippen LogP contribution in [0.3, 0.4) is 0 Å². The Morgan fingerprint density at radius 1 is 1.06 bits per heavy atom. The molecule has 2 saturated heterocycles. The van der Waals surface area contributed by atoms with Crippen LogP contribution in [0.2, 0.25) is 0 Å². The van der Waals surface area contributed by atoms with Gasteiger partial charge in [0.15, 0.2) is 17.3 Å². The van der Waals surface area contributed by atoms with E-state index in [-0.39, 0.29) is 18.0 Å². The second-order valence-electron chi connectivity index (χ2n) is 8.24. The van der Waals surface area contributed by atoms with Gasteiger partial charge in [-0.3, -0.25) is 29.5 Å². The molecule has 0 N–H and O–H groups in total. The van der Waals surface area contributed by atoms with Gasteiger partial charge in [0, 0.05) is 30.0 Å². The number of nitro benzene ring substituents is 1. The lowest BCUT2D eigenvalue weighted by molar-refractivity contribution is -0.384. The molecule has 0 bridgehead atoms. The lowest BCUT2D eigenvalue weighted by Gasteiger charge is -2.30. The maximum atomic E-state index is 13.6. The molecule has 0 unspecified atom stereocenters. The second-order valence-corrected chi connectivity index (χ2v) is 8.24. The third-order valence-electron chi connectivity index (χ3n) is 6.52. The molecule has 0 spiro atoms. The summed E-state index contributed by atoms with van der Waals surface area (Å²) >= 11 is 0. The molecule has 0 saturated carbocycles. The average molecular weight is 460 g/mol. The number of benzene rings is 2. The summed E-state index contributed by atoms with van der Waals surface area (Å²) in [4.78, 5) is 52.4. The quantitative estimate of drug-likeness (QED) is 0.293. The SMILES string of the molecule is O=C(c1cccc([N+](=O)[O-])c1)[C@@H]1[C@@H]2C(=O)N(c3ccc4c(c3)OCO4)C(=O)[C@@H]2[C@H]2C=CC=NN21. The summed E-state index contributed by atoms with van der Waals surface area (Å²) in [6, 6.07) is 8.40. The third-order valence-corrected chi connectivity index (χ3v) is 6.52. The summed E-state index contributed by atoms with van der Waals surface area (Å²) in [5.41, 5.74) is 0.157.